The molecule has 2 aliphatic rings. The molecule has 1 aliphatic carbocycles. The van der Waals surface area contributed by atoms with Crippen molar-refractivity contribution in [3.63, 3.8) is 0 Å². The molecule has 1 aliphatic heterocycles. The number of ketones is 1. The molecule has 4 rings (SSSR count). The van der Waals surface area contributed by atoms with Gasteiger partial charge >= 0.3 is 5.97 Å². The molecule has 38 heavy (non-hydrogen) atoms. The van der Waals surface area contributed by atoms with Crippen LogP contribution in [0.3, 0.4) is 0 Å². The Morgan fingerprint density at radius 1 is 1.13 bits per heavy atom. The number of amides is 1. The fraction of sp³-hybridized carbons (Fsp3) is 0.345. The van der Waals surface area contributed by atoms with Gasteiger partial charge in [0.1, 0.15) is 22.8 Å². The van der Waals surface area contributed by atoms with Crippen molar-refractivity contribution in [2.45, 2.75) is 39.5 Å². The lowest BCUT2D eigenvalue weighted by Crippen LogP contribution is -2.36. The summed E-state index contributed by atoms with van der Waals surface area (Å²) in [4.78, 5) is 39.1. The third-order valence-electron chi connectivity index (χ3n) is 6.39. The van der Waals surface area contributed by atoms with E-state index in [0.29, 0.717) is 40.5 Å². The summed E-state index contributed by atoms with van der Waals surface area (Å²) in [6.45, 7) is 5.46. The predicted molar refractivity (Wildman–Crippen MR) is 140 cm³/mol. The van der Waals surface area contributed by atoms with Crippen molar-refractivity contribution in [2.75, 3.05) is 25.6 Å². The Kier molecular flexibility index (Phi) is 7.75. The number of hydrogen-bond acceptors (Lipinski definition) is 8. The Hall–Kier alpha value is -4.27. The number of hydrogen-bond donors (Lipinski definition) is 2. The quantitative estimate of drug-likeness (QED) is 0.496. The van der Waals surface area contributed by atoms with Gasteiger partial charge in [0.2, 0.25) is 5.88 Å². The number of carbonyl (C=O) groups is 3. The number of anilines is 1. The van der Waals surface area contributed by atoms with Crippen LogP contribution in [0.5, 0.6) is 11.5 Å². The normalized spacial score (nSPS) is 18.3. The first-order chi connectivity index (χ1) is 18.1. The monoisotopic (exact) mass is 520 g/mol. The fourth-order valence-electron chi connectivity index (χ4n) is 4.80. The first-order valence-corrected chi connectivity index (χ1v) is 12.4. The van der Waals surface area contributed by atoms with Crippen molar-refractivity contribution >= 4 is 23.3 Å². The highest BCUT2D eigenvalue weighted by molar-refractivity contribution is 6.04. The molecule has 0 aromatic heterocycles. The van der Waals surface area contributed by atoms with Crippen LogP contribution in [0.25, 0.3) is 0 Å². The number of esters is 1. The number of nitrogens with one attached hydrogen (secondary N) is 1. The van der Waals surface area contributed by atoms with E-state index in [4.69, 9.17) is 24.7 Å². The van der Waals surface area contributed by atoms with Gasteiger partial charge in [0, 0.05) is 35.7 Å². The van der Waals surface area contributed by atoms with Gasteiger partial charge in [-0.25, -0.2) is 4.79 Å². The van der Waals surface area contributed by atoms with Crippen molar-refractivity contribution in [3.05, 3.63) is 76.9 Å². The second-order valence-electron chi connectivity index (χ2n) is 9.92. The molecule has 0 spiro atoms. The van der Waals surface area contributed by atoms with Crippen LogP contribution in [0.15, 0.2) is 71.3 Å². The van der Waals surface area contributed by atoms with Crippen LogP contribution >= 0.6 is 0 Å². The Bertz CT molecular complexity index is 1330. The average Bonchev–Trinajstić information content (AvgIpc) is 2.86. The summed E-state index contributed by atoms with van der Waals surface area (Å²) in [5.74, 6) is -0.801. The number of carbonyl (C=O) groups excluding carboxylic acids is 3. The van der Waals surface area contributed by atoms with Gasteiger partial charge in [0.05, 0.1) is 19.6 Å². The van der Waals surface area contributed by atoms with Crippen LogP contribution in [0.2, 0.25) is 0 Å². The minimum Gasteiger partial charge on any atom is -0.497 e. The van der Waals surface area contributed by atoms with E-state index >= 15 is 0 Å². The van der Waals surface area contributed by atoms with Crippen molar-refractivity contribution in [1.29, 1.82) is 0 Å². The molecule has 1 amide bonds. The van der Waals surface area contributed by atoms with Gasteiger partial charge in [0.25, 0.3) is 5.91 Å². The van der Waals surface area contributed by atoms with Crippen LogP contribution in [-0.2, 0) is 23.9 Å². The summed E-state index contributed by atoms with van der Waals surface area (Å²) >= 11 is 0. The summed E-state index contributed by atoms with van der Waals surface area (Å²) in [6, 6.07) is 13.9. The molecule has 0 radical (unpaired) electrons. The Labute approximate surface area is 221 Å². The minimum atomic E-state index is -0.862. The molecular formula is C29H32N2O7. The van der Waals surface area contributed by atoms with Crippen LogP contribution < -0.4 is 20.5 Å². The highest BCUT2D eigenvalue weighted by atomic mass is 16.5. The Morgan fingerprint density at radius 2 is 1.89 bits per heavy atom. The zero-order chi connectivity index (χ0) is 27.4. The lowest BCUT2D eigenvalue weighted by molar-refractivity contribution is -0.139. The first-order valence-electron chi connectivity index (χ1n) is 12.4. The number of Topliss-reactive ketones (excluding diaryl/α,β-unsaturated/α-hetero) is 1. The molecular weight excluding hydrogens is 488 g/mol. The van der Waals surface area contributed by atoms with E-state index in [-0.39, 0.29) is 42.3 Å². The number of rotatable bonds is 8. The molecule has 9 nitrogen and oxygen atoms in total. The standard InChI is InChI=1S/C29H32N2O7/c1-5-36-28(34)26-24(25-20(32)14-29(2,3)15-22(25)38-27(26)30)19-11-6-7-12-21(19)37-16-23(33)31-17-9-8-10-18(13-17)35-4/h6-13,24H,5,14-16,30H2,1-4H3,(H,31,33). The molecule has 1 unspecified atom stereocenters. The maximum absolute atomic E-state index is 13.4. The van der Waals surface area contributed by atoms with E-state index in [1.807, 2.05) is 13.8 Å². The molecule has 1 atom stereocenters. The smallest absolute Gasteiger partial charge is 0.340 e. The Morgan fingerprint density at radius 3 is 2.63 bits per heavy atom. The van der Waals surface area contributed by atoms with E-state index in [9.17, 15) is 14.4 Å². The van der Waals surface area contributed by atoms with Gasteiger partial charge in [0.15, 0.2) is 12.4 Å². The van der Waals surface area contributed by atoms with E-state index in [0.717, 1.165) is 0 Å². The molecule has 9 heteroatoms. The zero-order valence-electron chi connectivity index (χ0n) is 22.0. The van der Waals surface area contributed by atoms with Gasteiger partial charge in [-0.1, -0.05) is 38.1 Å². The maximum atomic E-state index is 13.4. The van der Waals surface area contributed by atoms with Crippen LogP contribution in [0, 0.1) is 5.41 Å². The fourth-order valence-corrected chi connectivity index (χ4v) is 4.80. The van der Waals surface area contributed by atoms with Gasteiger partial charge in [-0.15, -0.1) is 0 Å². The predicted octanol–water partition coefficient (Wildman–Crippen LogP) is 4.20. The van der Waals surface area contributed by atoms with Crippen LogP contribution in [0.4, 0.5) is 5.69 Å². The Balaban J connectivity index is 1.67. The van der Waals surface area contributed by atoms with Crippen LogP contribution in [-0.4, -0.2) is 38.0 Å². The van der Waals surface area contributed by atoms with Crippen molar-refractivity contribution in [2.24, 2.45) is 11.1 Å². The van der Waals surface area contributed by atoms with E-state index in [1.54, 1.807) is 62.6 Å². The molecule has 0 bridgehead atoms. The first kappa shape index (κ1) is 26.8. The van der Waals surface area contributed by atoms with Crippen molar-refractivity contribution in [3.8, 4) is 11.5 Å². The zero-order valence-corrected chi connectivity index (χ0v) is 22.0. The van der Waals surface area contributed by atoms with Crippen molar-refractivity contribution < 1.29 is 33.3 Å². The minimum absolute atomic E-state index is 0.0375. The topological polar surface area (TPSA) is 126 Å². The lowest BCUT2D eigenvalue weighted by atomic mass is 9.70. The molecule has 0 saturated heterocycles. The van der Waals surface area contributed by atoms with Gasteiger partial charge in [-0.3, -0.25) is 9.59 Å². The molecule has 2 aromatic carbocycles. The molecule has 2 aromatic rings. The molecule has 0 fully saturated rings. The number of para-hydroxylation sites is 1. The maximum Gasteiger partial charge on any atom is 0.340 e. The van der Waals surface area contributed by atoms with Gasteiger partial charge < -0.3 is 30.0 Å². The highest BCUT2D eigenvalue weighted by Gasteiger charge is 2.45. The summed E-state index contributed by atoms with van der Waals surface area (Å²) < 4.78 is 22.2. The number of ether oxygens (including phenoxy) is 4. The number of allylic oxidation sites excluding steroid dienone is 2. The summed E-state index contributed by atoms with van der Waals surface area (Å²) in [5.41, 5.74) is 7.40. The second-order valence-corrected chi connectivity index (χ2v) is 9.92. The highest BCUT2D eigenvalue weighted by Crippen LogP contribution is 2.49. The summed E-state index contributed by atoms with van der Waals surface area (Å²) in [6.07, 6.45) is 0.765. The molecule has 1 heterocycles. The molecule has 3 N–H and O–H groups in total. The third-order valence-corrected chi connectivity index (χ3v) is 6.39. The molecule has 200 valence electrons. The number of nitrogens with two attached hydrogens (primary N) is 1. The van der Waals surface area contributed by atoms with Gasteiger partial charge in [-0.2, -0.15) is 0 Å². The van der Waals surface area contributed by atoms with Crippen molar-refractivity contribution in [1.82, 2.24) is 0 Å². The number of methoxy groups -OCH3 is 1. The van der Waals surface area contributed by atoms with E-state index in [2.05, 4.69) is 5.32 Å². The SMILES string of the molecule is CCOC(=O)C1=C(N)OC2=C(C(=O)CC(C)(C)C2)C1c1ccccc1OCC(=O)Nc1cccc(OC)c1. The average molecular weight is 521 g/mol. The van der Waals surface area contributed by atoms with Gasteiger partial charge in [-0.05, 0) is 30.5 Å². The summed E-state index contributed by atoms with van der Waals surface area (Å²) in [7, 11) is 1.54. The molecule has 0 saturated carbocycles. The number of benzene rings is 2. The van der Waals surface area contributed by atoms with Crippen LogP contribution in [0.1, 0.15) is 45.1 Å². The van der Waals surface area contributed by atoms with E-state index in [1.165, 1.54) is 0 Å². The van der Waals surface area contributed by atoms with E-state index < -0.39 is 17.8 Å². The third kappa shape index (κ3) is 5.66. The lowest BCUT2D eigenvalue weighted by Gasteiger charge is -2.38. The largest absolute Gasteiger partial charge is 0.497 e. The summed E-state index contributed by atoms with van der Waals surface area (Å²) in [5, 5.41) is 2.77. The second kappa shape index (κ2) is 11.0.